The SMILES string of the molecule is CCNC(=O)[C@H]1COCCN1Cc1ccccc1. The number of carbonyl (C=O) groups is 1. The van der Waals surface area contributed by atoms with Crippen LogP contribution in [0.1, 0.15) is 12.5 Å². The van der Waals surface area contributed by atoms with Crippen LogP contribution in [0, 0.1) is 0 Å². The Hall–Kier alpha value is -1.39. The molecule has 4 nitrogen and oxygen atoms in total. The summed E-state index contributed by atoms with van der Waals surface area (Å²) < 4.78 is 5.42. The van der Waals surface area contributed by atoms with Gasteiger partial charge in [0.1, 0.15) is 6.04 Å². The van der Waals surface area contributed by atoms with Crippen LogP contribution in [0.2, 0.25) is 0 Å². The van der Waals surface area contributed by atoms with Crippen molar-refractivity contribution in [1.82, 2.24) is 10.2 Å². The zero-order valence-electron chi connectivity index (χ0n) is 10.8. The number of carbonyl (C=O) groups excluding carboxylic acids is 1. The van der Waals surface area contributed by atoms with Gasteiger partial charge in [0.15, 0.2) is 0 Å². The van der Waals surface area contributed by atoms with Gasteiger partial charge in [-0.2, -0.15) is 0 Å². The predicted molar refractivity (Wildman–Crippen MR) is 70.1 cm³/mol. The van der Waals surface area contributed by atoms with Crippen LogP contribution in [-0.2, 0) is 16.1 Å². The quantitative estimate of drug-likeness (QED) is 0.865. The second-order valence-electron chi connectivity index (χ2n) is 4.44. The summed E-state index contributed by atoms with van der Waals surface area (Å²) in [6, 6.07) is 10.1. The summed E-state index contributed by atoms with van der Waals surface area (Å²) in [5.41, 5.74) is 1.23. The van der Waals surface area contributed by atoms with Gasteiger partial charge in [-0.05, 0) is 12.5 Å². The summed E-state index contributed by atoms with van der Waals surface area (Å²) in [6.45, 7) is 5.38. The van der Waals surface area contributed by atoms with Crippen molar-refractivity contribution < 1.29 is 9.53 Å². The van der Waals surface area contributed by atoms with Gasteiger partial charge < -0.3 is 10.1 Å². The summed E-state index contributed by atoms with van der Waals surface area (Å²) in [4.78, 5) is 14.2. The molecule has 98 valence electrons. The topological polar surface area (TPSA) is 41.6 Å². The number of morpholine rings is 1. The third-order valence-electron chi connectivity index (χ3n) is 3.12. The van der Waals surface area contributed by atoms with Crippen LogP contribution in [0.5, 0.6) is 0 Å². The number of hydrogen-bond donors (Lipinski definition) is 1. The number of hydrogen-bond acceptors (Lipinski definition) is 3. The molecule has 1 amide bonds. The fourth-order valence-electron chi connectivity index (χ4n) is 2.18. The van der Waals surface area contributed by atoms with E-state index in [0.717, 1.165) is 13.1 Å². The van der Waals surface area contributed by atoms with Gasteiger partial charge in [-0.3, -0.25) is 9.69 Å². The Labute approximate surface area is 108 Å². The second-order valence-corrected chi connectivity index (χ2v) is 4.44. The zero-order chi connectivity index (χ0) is 12.8. The summed E-state index contributed by atoms with van der Waals surface area (Å²) in [5, 5.41) is 2.87. The maximum atomic E-state index is 12.0. The average molecular weight is 248 g/mol. The minimum Gasteiger partial charge on any atom is -0.378 e. The van der Waals surface area contributed by atoms with Gasteiger partial charge in [0.05, 0.1) is 13.2 Å². The molecular formula is C14H20N2O2. The molecule has 1 aliphatic rings. The van der Waals surface area contributed by atoms with Crippen molar-refractivity contribution in [3.63, 3.8) is 0 Å². The third-order valence-corrected chi connectivity index (χ3v) is 3.12. The van der Waals surface area contributed by atoms with Gasteiger partial charge in [-0.1, -0.05) is 30.3 Å². The Balaban J connectivity index is 2.01. The van der Waals surface area contributed by atoms with Crippen LogP contribution in [0.4, 0.5) is 0 Å². The maximum absolute atomic E-state index is 12.0. The summed E-state index contributed by atoms with van der Waals surface area (Å²) >= 11 is 0. The molecule has 0 spiro atoms. The fraction of sp³-hybridized carbons (Fsp3) is 0.500. The van der Waals surface area contributed by atoms with Gasteiger partial charge in [0.25, 0.3) is 0 Å². The monoisotopic (exact) mass is 248 g/mol. The van der Waals surface area contributed by atoms with E-state index in [1.807, 2.05) is 25.1 Å². The van der Waals surface area contributed by atoms with E-state index >= 15 is 0 Å². The first-order valence-corrected chi connectivity index (χ1v) is 6.44. The van der Waals surface area contributed by atoms with Crippen LogP contribution >= 0.6 is 0 Å². The van der Waals surface area contributed by atoms with Crippen molar-refractivity contribution >= 4 is 5.91 Å². The van der Waals surface area contributed by atoms with Crippen LogP contribution in [0.25, 0.3) is 0 Å². The lowest BCUT2D eigenvalue weighted by Gasteiger charge is -2.34. The first kappa shape index (κ1) is 13.1. The molecule has 1 aromatic rings. The van der Waals surface area contributed by atoms with Gasteiger partial charge in [0, 0.05) is 19.6 Å². The predicted octanol–water partition coefficient (Wildman–Crippen LogP) is 1.02. The normalized spacial score (nSPS) is 20.6. The van der Waals surface area contributed by atoms with Gasteiger partial charge in [-0.15, -0.1) is 0 Å². The van der Waals surface area contributed by atoms with E-state index in [1.165, 1.54) is 5.56 Å². The number of amides is 1. The van der Waals surface area contributed by atoms with Crippen molar-refractivity contribution in [2.24, 2.45) is 0 Å². The molecule has 1 heterocycles. The smallest absolute Gasteiger partial charge is 0.239 e. The van der Waals surface area contributed by atoms with Crippen molar-refractivity contribution in [3.05, 3.63) is 35.9 Å². The van der Waals surface area contributed by atoms with Crippen LogP contribution < -0.4 is 5.32 Å². The molecular weight excluding hydrogens is 228 g/mol. The molecule has 1 fully saturated rings. The van der Waals surface area contributed by atoms with Gasteiger partial charge in [-0.25, -0.2) is 0 Å². The van der Waals surface area contributed by atoms with Crippen LogP contribution in [0.3, 0.4) is 0 Å². The molecule has 1 aliphatic heterocycles. The number of nitrogens with zero attached hydrogens (tertiary/aromatic N) is 1. The molecule has 0 bridgehead atoms. The van der Waals surface area contributed by atoms with E-state index in [4.69, 9.17) is 4.74 Å². The van der Waals surface area contributed by atoms with Crippen molar-refractivity contribution in [2.75, 3.05) is 26.3 Å². The Bertz CT molecular complexity index is 381. The third kappa shape index (κ3) is 3.31. The first-order chi connectivity index (χ1) is 8.81. The second kappa shape index (κ2) is 6.52. The minimum absolute atomic E-state index is 0.0631. The standard InChI is InChI=1S/C14H20N2O2/c1-2-15-14(17)13-11-18-9-8-16(13)10-12-6-4-3-5-7-12/h3-7,13H,2,8-11H2,1H3,(H,15,17)/t13-/m1/s1. The molecule has 1 N–H and O–H groups in total. The minimum atomic E-state index is -0.168. The molecule has 0 radical (unpaired) electrons. The molecule has 2 rings (SSSR count). The summed E-state index contributed by atoms with van der Waals surface area (Å²) in [7, 11) is 0. The largest absolute Gasteiger partial charge is 0.378 e. The number of rotatable bonds is 4. The van der Waals surface area contributed by atoms with E-state index < -0.39 is 0 Å². The van der Waals surface area contributed by atoms with E-state index in [9.17, 15) is 4.79 Å². The summed E-state index contributed by atoms with van der Waals surface area (Å²) in [5.74, 6) is 0.0631. The molecule has 0 aliphatic carbocycles. The Morgan fingerprint density at radius 1 is 1.44 bits per heavy atom. The van der Waals surface area contributed by atoms with Crippen molar-refractivity contribution in [3.8, 4) is 0 Å². The molecule has 0 unspecified atom stereocenters. The van der Waals surface area contributed by atoms with Crippen LogP contribution in [0.15, 0.2) is 30.3 Å². The van der Waals surface area contributed by atoms with Crippen molar-refractivity contribution in [1.29, 1.82) is 0 Å². The highest BCUT2D eigenvalue weighted by molar-refractivity contribution is 5.81. The van der Waals surface area contributed by atoms with E-state index in [1.54, 1.807) is 0 Å². The van der Waals surface area contributed by atoms with Crippen molar-refractivity contribution in [2.45, 2.75) is 19.5 Å². The Morgan fingerprint density at radius 2 is 2.22 bits per heavy atom. The van der Waals surface area contributed by atoms with E-state index in [2.05, 4.69) is 22.3 Å². The Morgan fingerprint density at radius 3 is 2.94 bits per heavy atom. The molecule has 1 aromatic carbocycles. The highest BCUT2D eigenvalue weighted by Gasteiger charge is 2.28. The maximum Gasteiger partial charge on any atom is 0.239 e. The number of nitrogens with one attached hydrogen (secondary N) is 1. The summed E-state index contributed by atoms with van der Waals surface area (Å²) in [6.07, 6.45) is 0. The molecule has 1 saturated heterocycles. The van der Waals surface area contributed by atoms with E-state index in [0.29, 0.717) is 19.8 Å². The lowest BCUT2D eigenvalue weighted by Crippen LogP contribution is -2.53. The van der Waals surface area contributed by atoms with Gasteiger partial charge in [0.2, 0.25) is 5.91 Å². The molecule has 1 atom stereocenters. The van der Waals surface area contributed by atoms with Crippen LogP contribution in [-0.4, -0.2) is 43.2 Å². The molecule has 18 heavy (non-hydrogen) atoms. The van der Waals surface area contributed by atoms with Gasteiger partial charge >= 0.3 is 0 Å². The Kier molecular flexibility index (Phi) is 4.73. The molecule has 0 aromatic heterocycles. The number of benzene rings is 1. The number of ether oxygens (including phenoxy) is 1. The molecule has 0 saturated carbocycles. The average Bonchev–Trinajstić information content (AvgIpc) is 2.41. The first-order valence-electron chi connectivity index (χ1n) is 6.44. The molecule has 4 heteroatoms. The lowest BCUT2D eigenvalue weighted by atomic mass is 10.1. The lowest BCUT2D eigenvalue weighted by molar-refractivity contribution is -0.132. The van der Waals surface area contributed by atoms with E-state index in [-0.39, 0.29) is 11.9 Å². The number of likely N-dealkylation sites (N-methyl/N-ethyl adjacent to an activating group) is 1. The highest BCUT2D eigenvalue weighted by Crippen LogP contribution is 2.12. The highest BCUT2D eigenvalue weighted by atomic mass is 16.5. The zero-order valence-corrected chi connectivity index (χ0v) is 10.8. The fourth-order valence-corrected chi connectivity index (χ4v) is 2.18.